The fourth-order valence-corrected chi connectivity index (χ4v) is 4.20. The topological polar surface area (TPSA) is 94.0 Å². The van der Waals surface area contributed by atoms with Gasteiger partial charge < -0.3 is 15.7 Å². The first-order valence-corrected chi connectivity index (χ1v) is 12.3. The molecule has 1 aliphatic rings. The summed E-state index contributed by atoms with van der Waals surface area (Å²) in [6.45, 7) is 2.20. The van der Waals surface area contributed by atoms with Crippen LogP contribution in [-0.4, -0.2) is 61.9 Å². The van der Waals surface area contributed by atoms with Gasteiger partial charge >= 0.3 is 0 Å². The van der Waals surface area contributed by atoms with Crippen LogP contribution in [0.4, 0.5) is 4.39 Å². The van der Waals surface area contributed by atoms with Gasteiger partial charge in [0, 0.05) is 37.2 Å². The van der Waals surface area contributed by atoms with E-state index in [4.69, 9.17) is 0 Å². The van der Waals surface area contributed by atoms with Crippen molar-refractivity contribution in [3.8, 4) is 11.8 Å². The lowest BCUT2D eigenvalue weighted by atomic mass is 9.94. The third-order valence-corrected chi connectivity index (χ3v) is 6.16. The van der Waals surface area contributed by atoms with Crippen LogP contribution in [0.5, 0.6) is 0 Å². The first-order valence-electron chi connectivity index (χ1n) is 12.3. The number of aliphatic hydroxyl groups excluding tert-OH is 1. The average molecular weight is 505 g/mol. The summed E-state index contributed by atoms with van der Waals surface area (Å²) in [4.78, 5) is 29.0. The average Bonchev–Trinajstić information content (AvgIpc) is 3.44. The van der Waals surface area contributed by atoms with Gasteiger partial charge in [-0.15, -0.1) is 0 Å². The number of hydrogen-bond donors (Lipinski definition) is 3. The van der Waals surface area contributed by atoms with Crippen molar-refractivity contribution in [1.29, 1.82) is 0 Å². The molecule has 3 rings (SSSR count). The van der Waals surface area contributed by atoms with Crippen molar-refractivity contribution in [2.75, 3.05) is 33.4 Å². The number of aldehydes is 1. The Morgan fingerprint density at radius 2 is 1.68 bits per heavy atom. The summed E-state index contributed by atoms with van der Waals surface area (Å²) in [5.74, 6) is 4.58. The van der Waals surface area contributed by atoms with Gasteiger partial charge in [-0.2, -0.15) is 0 Å². The maximum absolute atomic E-state index is 12.7. The summed E-state index contributed by atoms with van der Waals surface area (Å²) in [7, 11) is 1.53. The third kappa shape index (κ3) is 8.89. The molecule has 1 saturated heterocycles. The van der Waals surface area contributed by atoms with Crippen molar-refractivity contribution in [2.45, 2.75) is 25.8 Å². The van der Waals surface area contributed by atoms with Crippen LogP contribution in [-0.2, 0) is 22.6 Å². The normalized spacial score (nSPS) is 15.0. The van der Waals surface area contributed by atoms with E-state index in [1.54, 1.807) is 0 Å². The number of nitrogens with one attached hydrogen (secondary N) is 2. The van der Waals surface area contributed by atoms with Crippen LogP contribution < -0.4 is 10.6 Å². The number of nitrogens with zero attached hydrogens (tertiary/aromatic N) is 2. The summed E-state index contributed by atoms with van der Waals surface area (Å²) >= 11 is 0. The molecule has 1 heterocycles. The number of benzene rings is 2. The smallest absolute Gasteiger partial charge is 0.251 e. The number of carbonyl (C=O) groups excluding carboxylic acids is 2. The molecule has 0 aliphatic carbocycles. The van der Waals surface area contributed by atoms with Crippen molar-refractivity contribution in [3.05, 3.63) is 82.2 Å². The zero-order valence-corrected chi connectivity index (χ0v) is 21.0. The minimum Gasteiger partial charge on any atom is -0.503 e. The number of aliphatic imine (C=N–C) groups is 1. The van der Waals surface area contributed by atoms with Crippen LogP contribution >= 0.6 is 0 Å². The second kappa shape index (κ2) is 14.6. The highest BCUT2D eigenvalue weighted by molar-refractivity contribution is 5.77. The number of amides is 1. The predicted octanol–water partition coefficient (Wildman–Crippen LogP) is 3.14. The number of aliphatic hydroxyl groups is 1. The largest absolute Gasteiger partial charge is 0.503 e. The Morgan fingerprint density at radius 1 is 1.08 bits per heavy atom. The second-order valence-electron chi connectivity index (χ2n) is 8.91. The molecular weight excluding hydrogens is 471 g/mol. The van der Waals surface area contributed by atoms with Gasteiger partial charge in [-0.3, -0.25) is 19.5 Å². The van der Waals surface area contributed by atoms with E-state index < -0.39 is 24.3 Å². The fraction of sp³-hybridized carbons (Fsp3) is 0.345. The van der Waals surface area contributed by atoms with E-state index in [-0.39, 0.29) is 12.2 Å². The molecule has 1 atom stereocenters. The fourth-order valence-electron chi connectivity index (χ4n) is 4.20. The Balaban J connectivity index is 1.68. The molecule has 0 saturated carbocycles. The van der Waals surface area contributed by atoms with Gasteiger partial charge in [0.2, 0.25) is 0 Å². The highest BCUT2D eigenvalue weighted by Crippen LogP contribution is 2.18. The van der Waals surface area contributed by atoms with Gasteiger partial charge in [-0.25, -0.2) is 4.39 Å². The Labute approximate surface area is 217 Å². The lowest BCUT2D eigenvalue weighted by Gasteiger charge is -2.21. The standard InChI is InChI=1S/C29H33FN4O3/c1-31-21-33-29(27(36)20-35)26(18-32-28(37)17-30)16-24-10-6-22(7-11-24)4-5-23-8-12-25(13-9-23)19-34-14-2-3-15-34/h6-13,20-21,26,36H,2-3,14-19H2,1H3,(H,31,33)(H,32,37)/b29-27+. The van der Waals surface area contributed by atoms with Gasteiger partial charge in [0.1, 0.15) is 0 Å². The van der Waals surface area contributed by atoms with Crippen molar-refractivity contribution in [3.63, 3.8) is 0 Å². The third-order valence-electron chi connectivity index (χ3n) is 6.16. The zero-order chi connectivity index (χ0) is 26.5. The van der Waals surface area contributed by atoms with Crippen LogP contribution in [0.2, 0.25) is 0 Å². The lowest BCUT2D eigenvalue weighted by molar-refractivity contribution is -0.122. The van der Waals surface area contributed by atoms with E-state index in [9.17, 15) is 19.1 Å². The van der Waals surface area contributed by atoms with E-state index in [2.05, 4.69) is 44.5 Å². The molecule has 1 unspecified atom stereocenters. The van der Waals surface area contributed by atoms with Crippen molar-refractivity contribution in [2.24, 2.45) is 10.9 Å². The van der Waals surface area contributed by atoms with Crippen molar-refractivity contribution < 1.29 is 19.1 Å². The predicted molar refractivity (Wildman–Crippen MR) is 143 cm³/mol. The highest BCUT2D eigenvalue weighted by Gasteiger charge is 2.20. The number of hydrogen-bond acceptors (Lipinski definition) is 5. The highest BCUT2D eigenvalue weighted by atomic mass is 19.1. The molecule has 0 spiro atoms. The number of carbonyl (C=O) groups is 2. The monoisotopic (exact) mass is 504 g/mol. The summed E-state index contributed by atoms with van der Waals surface area (Å²) in [6, 6.07) is 15.9. The maximum Gasteiger partial charge on any atom is 0.251 e. The minimum atomic E-state index is -1.15. The molecule has 1 fully saturated rings. The SMILES string of the molecule is CN=CN/C(=C(/O)C=O)C(CNC(=O)CF)Cc1ccc(C#Cc2ccc(CN3CCCC3)cc2)cc1. The maximum atomic E-state index is 12.7. The number of halogens is 1. The molecule has 1 amide bonds. The number of alkyl halides is 1. The summed E-state index contributed by atoms with van der Waals surface area (Å²) in [5.41, 5.74) is 4.16. The van der Waals surface area contributed by atoms with E-state index in [1.807, 2.05) is 36.4 Å². The van der Waals surface area contributed by atoms with Crippen LogP contribution in [0.3, 0.4) is 0 Å². The number of likely N-dealkylation sites (tertiary alicyclic amines) is 1. The molecule has 8 heteroatoms. The molecule has 0 bridgehead atoms. The second-order valence-corrected chi connectivity index (χ2v) is 8.91. The Morgan fingerprint density at radius 3 is 2.22 bits per heavy atom. The van der Waals surface area contributed by atoms with Gasteiger partial charge in [0.05, 0.1) is 12.0 Å². The first kappa shape index (κ1) is 27.6. The molecule has 1 aliphatic heterocycles. The quantitative estimate of drug-likeness (QED) is 0.109. The van der Waals surface area contributed by atoms with Gasteiger partial charge in [0.25, 0.3) is 5.91 Å². The zero-order valence-electron chi connectivity index (χ0n) is 21.0. The van der Waals surface area contributed by atoms with E-state index in [0.29, 0.717) is 12.7 Å². The number of allylic oxidation sites excluding steroid dienone is 1. The summed E-state index contributed by atoms with van der Waals surface area (Å²) in [6.07, 6.45) is 4.57. The lowest BCUT2D eigenvalue weighted by Crippen LogP contribution is -2.35. The Hall–Kier alpha value is -3.96. The van der Waals surface area contributed by atoms with E-state index >= 15 is 0 Å². The molecular formula is C29H33FN4O3. The van der Waals surface area contributed by atoms with Gasteiger partial charge in [-0.05, 0) is 67.7 Å². The van der Waals surface area contributed by atoms with Crippen LogP contribution in [0.25, 0.3) is 0 Å². The summed E-state index contributed by atoms with van der Waals surface area (Å²) in [5, 5.41) is 15.4. The molecule has 2 aromatic carbocycles. The molecule has 37 heavy (non-hydrogen) atoms. The van der Waals surface area contributed by atoms with Gasteiger partial charge in [-0.1, -0.05) is 36.1 Å². The van der Waals surface area contributed by atoms with Crippen molar-refractivity contribution in [1.82, 2.24) is 15.5 Å². The molecule has 0 aromatic heterocycles. The van der Waals surface area contributed by atoms with E-state index in [0.717, 1.165) is 23.2 Å². The number of rotatable bonds is 11. The Bertz CT molecular complexity index is 1160. The van der Waals surface area contributed by atoms with Crippen LogP contribution in [0, 0.1) is 17.8 Å². The van der Waals surface area contributed by atoms with Crippen LogP contribution in [0.15, 0.2) is 65.0 Å². The van der Waals surface area contributed by atoms with E-state index in [1.165, 1.54) is 44.9 Å². The van der Waals surface area contributed by atoms with Gasteiger partial charge in [0.15, 0.2) is 18.7 Å². The molecule has 2 aromatic rings. The molecule has 0 radical (unpaired) electrons. The first-order chi connectivity index (χ1) is 18.0. The molecule has 3 N–H and O–H groups in total. The molecule has 194 valence electrons. The Kier molecular flexibility index (Phi) is 10.9. The minimum absolute atomic E-state index is 0.0237. The van der Waals surface area contributed by atoms with Crippen molar-refractivity contribution >= 4 is 18.5 Å². The molecule has 7 nitrogen and oxygen atoms in total. The van der Waals surface area contributed by atoms with Crippen LogP contribution in [0.1, 0.15) is 35.1 Å². The summed E-state index contributed by atoms with van der Waals surface area (Å²) < 4.78 is 12.7.